The SMILES string of the molecule is O=C1CCCc2c1cccc2C1=Cc2ccccc2C1. The largest absolute Gasteiger partial charge is 0.294 e. The van der Waals surface area contributed by atoms with Crippen LogP contribution >= 0.6 is 0 Å². The molecule has 0 radical (unpaired) electrons. The number of fused-ring (bicyclic) bond motifs is 2. The lowest BCUT2D eigenvalue weighted by Crippen LogP contribution is -2.12. The maximum Gasteiger partial charge on any atom is 0.163 e. The van der Waals surface area contributed by atoms with Gasteiger partial charge in [0, 0.05) is 12.0 Å². The number of carbonyl (C=O) groups excluding carboxylic acids is 1. The molecular formula is C19H16O. The minimum absolute atomic E-state index is 0.309. The minimum Gasteiger partial charge on any atom is -0.294 e. The lowest BCUT2D eigenvalue weighted by molar-refractivity contribution is 0.0972. The normalized spacial score (nSPS) is 16.6. The molecule has 0 saturated heterocycles. The molecule has 0 aliphatic heterocycles. The van der Waals surface area contributed by atoms with E-state index in [1.54, 1.807) is 0 Å². The van der Waals surface area contributed by atoms with Crippen molar-refractivity contribution in [3.63, 3.8) is 0 Å². The fourth-order valence-corrected chi connectivity index (χ4v) is 3.43. The predicted molar refractivity (Wildman–Crippen MR) is 81.7 cm³/mol. The molecule has 4 rings (SSSR count). The molecule has 0 fully saturated rings. The van der Waals surface area contributed by atoms with Crippen LogP contribution in [-0.4, -0.2) is 5.78 Å². The molecule has 0 spiro atoms. The molecule has 98 valence electrons. The third-order valence-corrected chi connectivity index (χ3v) is 4.42. The summed E-state index contributed by atoms with van der Waals surface area (Å²) >= 11 is 0. The molecule has 0 amide bonds. The van der Waals surface area contributed by atoms with E-state index in [0.29, 0.717) is 12.2 Å². The van der Waals surface area contributed by atoms with Crippen LogP contribution < -0.4 is 0 Å². The molecule has 0 unspecified atom stereocenters. The van der Waals surface area contributed by atoms with Crippen LogP contribution in [0.1, 0.15) is 45.5 Å². The van der Waals surface area contributed by atoms with Crippen LogP contribution in [0.25, 0.3) is 11.6 Å². The van der Waals surface area contributed by atoms with Gasteiger partial charge in [0.25, 0.3) is 0 Å². The Hall–Kier alpha value is -2.15. The standard InChI is InChI=1S/C19H16O/c20-19-10-4-8-17-16(7-3-9-18(17)19)15-11-13-5-1-2-6-14(13)12-15/h1-3,5-7,9,11H,4,8,10,12H2. The molecule has 2 aromatic rings. The topological polar surface area (TPSA) is 17.1 Å². The van der Waals surface area contributed by atoms with Gasteiger partial charge >= 0.3 is 0 Å². The molecule has 0 atom stereocenters. The summed E-state index contributed by atoms with van der Waals surface area (Å²) in [6, 6.07) is 14.7. The molecule has 1 heteroatoms. The van der Waals surface area contributed by atoms with Crippen LogP contribution in [0.4, 0.5) is 0 Å². The second kappa shape index (κ2) is 4.45. The van der Waals surface area contributed by atoms with Crippen molar-refractivity contribution >= 4 is 17.4 Å². The Balaban J connectivity index is 1.82. The van der Waals surface area contributed by atoms with Gasteiger partial charge < -0.3 is 0 Å². The number of hydrogen-bond donors (Lipinski definition) is 0. The van der Waals surface area contributed by atoms with E-state index < -0.39 is 0 Å². The first-order valence-electron chi connectivity index (χ1n) is 7.27. The summed E-state index contributed by atoms with van der Waals surface area (Å²) < 4.78 is 0. The van der Waals surface area contributed by atoms with E-state index in [-0.39, 0.29) is 0 Å². The van der Waals surface area contributed by atoms with Crippen molar-refractivity contribution in [3.8, 4) is 0 Å². The summed E-state index contributed by atoms with van der Waals surface area (Å²) in [5.41, 5.74) is 7.57. The van der Waals surface area contributed by atoms with E-state index >= 15 is 0 Å². The second-order valence-corrected chi connectivity index (χ2v) is 5.65. The van der Waals surface area contributed by atoms with Gasteiger partial charge in [-0.3, -0.25) is 4.79 Å². The quantitative estimate of drug-likeness (QED) is 0.747. The Labute approximate surface area is 119 Å². The van der Waals surface area contributed by atoms with E-state index in [1.165, 1.54) is 27.8 Å². The number of allylic oxidation sites excluding steroid dienone is 1. The molecule has 0 saturated carbocycles. The number of Topliss-reactive ketones (excluding diaryl/α,β-unsaturated/α-hetero) is 1. The van der Waals surface area contributed by atoms with Crippen LogP contribution in [0.5, 0.6) is 0 Å². The molecule has 0 bridgehead atoms. The van der Waals surface area contributed by atoms with E-state index in [9.17, 15) is 4.79 Å². The van der Waals surface area contributed by atoms with E-state index in [2.05, 4.69) is 36.4 Å². The Morgan fingerprint density at radius 1 is 0.850 bits per heavy atom. The van der Waals surface area contributed by atoms with Gasteiger partial charge in [0.1, 0.15) is 0 Å². The average Bonchev–Trinajstić information content (AvgIpc) is 2.91. The van der Waals surface area contributed by atoms with E-state index in [4.69, 9.17) is 0 Å². The van der Waals surface area contributed by atoms with Gasteiger partial charge in [-0.25, -0.2) is 0 Å². The lowest BCUT2D eigenvalue weighted by atomic mass is 9.85. The summed E-state index contributed by atoms with van der Waals surface area (Å²) in [7, 11) is 0. The van der Waals surface area contributed by atoms with Crippen LogP contribution in [0, 0.1) is 0 Å². The highest BCUT2D eigenvalue weighted by molar-refractivity contribution is 6.01. The highest BCUT2D eigenvalue weighted by Gasteiger charge is 2.22. The number of hydrogen-bond acceptors (Lipinski definition) is 1. The van der Waals surface area contributed by atoms with Crippen LogP contribution in [0.3, 0.4) is 0 Å². The summed E-state index contributed by atoms with van der Waals surface area (Å²) in [5.74, 6) is 0.309. The van der Waals surface area contributed by atoms with Crippen molar-refractivity contribution in [1.29, 1.82) is 0 Å². The zero-order chi connectivity index (χ0) is 13.5. The van der Waals surface area contributed by atoms with Crippen LogP contribution in [-0.2, 0) is 12.8 Å². The molecular weight excluding hydrogens is 244 g/mol. The highest BCUT2D eigenvalue weighted by atomic mass is 16.1. The lowest BCUT2D eigenvalue weighted by Gasteiger charge is -2.19. The zero-order valence-electron chi connectivity index (χ0n) is 11.4. The maximum atomic E-state index is 12.1. The predicted octanol–water partition coefficient (Wildman–Crippen LogP) is 4.30. The Morgan fingerprint density at radius 2 is 1.70 bits per heavy atom. The molecule has 2 aromatic carbocycles. The summed E-state index contributed by atoms with van der Waals surface area (Å²) in [6.07, 6.45) is 5.99. The molecule has 2 aliphatic carbocycles. The van der Waals surface area contributed by atoms with E-state index in [1.807, 2.05) is 12.1 Å². The minimum atomic E-state index is 0.309. The Morgan fingerprint density at radius 3 is 2.60 bits per heavy atom. The molecule has 0 aromatic heterocycles. The summed E-state index contributed by atoms with van der Waals surface area (Å²) in [6.45, 7) is 0. The first-order chi connectivity index (χ1) is 9.83. The molecule has 2 aliphatic rings. The van der Waals surface area contributed by atoms with Crippen molar-refractivity contribution in [1.82, 2.24) is 0 Å². The zero-order valence-corrected chi connectivity index (χ0v) is 11.4. The van der Waals surface area contributed by atoms with Crippen molar-refractivity contribution in [2.75, 3.05) is 0 Å². The van der Waals surface area contributed by atoms with Gasteiger partial charge in [-0.1, -0.05) is 48.5 Å². The summed E-state index contributed by atoms with van der Waals surface area (Å²) in [5, 5.41) is 0. The Kier molecular flexibility index (Phi) is 2.59. The third-order valence-electron chi connectivity index (χ3n) is 4.42. The van der Waals surface area contributed by atoms with Gasteiger partial charge in [0.05, 0.1) is 0 Å². The first-order valence-corrected chi connectivity index (χ1v) is 7.27. The molecule has 1 nitrogen and oxygen atoms in total. The number of ketones is 1. The van der Waals surface area contributed by atoms with Crippen molar-refractivity contribution in [2.24, 2.45) is 0 Å². The van der Waals surface area contributed by atoms with Gasteiger partial charge in [0.2, 0.25) is 0 Å². The second-order valence-electron chi connectivity index (χ2n) is 5.65. The van der Waals surface area contributed by atoms with Crippen molar-refractivity contribution < 1.29 is 4.79 Å². The smallest absolute Gasteiger partial charge is 0.163 e. The number of rotatable bonds is 1. The maximum absolute atomic E-state index is 12.1. The van der Waals surface area contributed by atoms with Gasteiger partial charge in [0.15, 0.2) is 5.78 Å². The molecule has 0 heterocycles. The number of benzene rings is 2. The van der Waals surface area contributed by atoms with Gasteiger partial charge in [-0.2, -0.15) is 0 Å². The number of carbonyl (C=O) groups is 1. The van der Waals surface area contributed by atoms with Gasteiger partial charge in [-0.05, 0) is 47.1 Å². The van der Waals surface area contributed by atoms with Crippen LogP contribution in [0.2, 0.25) is 0 Å². The van der Waals surface area contributed by atoms with Crippen LogP contribution in [0.15, 0.2) is 42.5 Å². The van der Waals surface area contributed by atoms with Crippen molar-refractivity contribution in [3.05, 3.63) is 70.3 Å². The highest BCUT2D eigenvalue weighted by Crippen LogP contribution is 2.36. The summed E-state index contributed by atoms with van der Waals surface area (Å²) in [4.78, 5) is 12.1. The van der Waals surface area contributed by atoms with E-state index in [0.717, 1.165) is 24.8 Å². The average molecular weight is 260 g/mol. The molecule has 0 N–H and O–H groups in total. The van der Waals surface area contributed by atoms with Crippen molar-refractivity contribution in [2.45, 2.75) is 25.7 Å². The Bertz CT molecular complexity index is 737. The van der Waals surface area contributed by atoms with Gasteiger partial charge in [-0.15, -0.1) is 0 Å². The third kappa shape index (κ3) is 1.74. The molecule has 20 heavy (non-hydrogen) atoms. The first kappa shape index (κ1) is 11.7. The monoisotopic (exact) mass is 260 g/mol. The fraction of sp³-hybridized carbons (Fsp3) is 0.211. The fourth-order valence-electron chi connectivity index (χ4n) is 3.43.